The molecule has 0 aromatic heterocycles. The summed E-state index contributed by atoms with van der Waals surface area (Å²) in [5, 5.41) is 13.1. The van der Waals surface area contributed by atoms with Crippen molar-refractivity contribution in [2.45, 2.75) is 58.8 Å². The van der Waals surface area contributed by atoms with Crippen LogP contribution in [0.1, 0.15) is 45.2 Å². The molecular weight excluding hydrogens is 330 g/mol. The molecule has 1 aromatic rings. The summed E-state index contributed by atoms with van der Waals surface area (Å²) in [6, 6.07) is 9.07. The van der Waals surface area contributed by atoms with Gasteiger partial charge in [0, 0.05) is 5.41 Å². The van der Waals surface area contributed by atoms with Gasteiger partial charge in [-0.05, 0) is 38.9 Å². The molecule has 0 aliphatic rings. The number of hydrogen-bond donors (Lipinski definition) is 2. The second-order valence-corrected chi connectivity index (χ2v) is 9.45. The minimum Gasteiger partial charge on any atom is -0.522 e. The van der Waals surface area contributed by atoms with Crippen LogP contribution in [0.4, 0.5) is 0 Å². The molecule has 2 N–H and O–H groups in total. The predicted octanol–water partition coefficient (Wildman–Crippen LogP) is 3.03. The highest BCUT2D eigenvalue weighted by Gasteiger charge is 2.20. The van der Waals surface area contributed by atoms with Crippen LogP contribution in [0, 0.1) is 17.3 Å². The Labute approximate surface area is 153 Å². The lowest BCUT2D eigenvalue weighted by Crippen LogP contribution is -2.36. The maximum atomic E-state index is 12.1. The normalized spacial score (nSPS) is 13.7. The van der Waals surface area contributed by atoms with Crippen molar-refractivity contribution >= 4 is 15.0 Å². The maximum Gasteiger partial charge on any atom is 0.294 e. The molecule has 0 saturated heterocycles. The van der Waals surface area contributed by atoms with Crippen molar-refractivity contribution in [2.75, 3.05) is 6.61 Å². The lowest BCUT2D eigenvalue weighted by atomic mass is 9.91. The summed E-state index contributed by atoms with van der Waals surface area (Å²) in [6.07, 6.45) is 1.11. The molecule has 0 bridgehead atoms. The fraction of sp³-hybridized carbons (Fsp3) is 0.550. The molecule has 0 saturated carbocycles. The first-order chi connectivity index (χ1) is 11.8. The number of benzene rings is 1. The van der Waals surface area contributed by atoms with E-state index in [2.05, 4.69) is 37.9 Å². The zero-order valence-corrected chi connectivity index (χ0v) is 17.2. The lowest BCUT2D eigenvalue weighted by Gasteiger charge is -2.22. The van der Waals surface area contributed by atoms with Crippen molar-refractivity contribution in [1.82, 2.24) is 5.32 Å². The molecule has 0 unspecified atom stereocenters. The van der Waals surface area contributed by atoms with E-state index in [-0.39, 0.29) is 36.5 Å². The summed E-state index contributed by atoms with van der Waals surface area (Å²) < 4.78 is 5.39. The van der Waals surface area contributed by atoms with E-state index in [0.717, 1.165) is 12.0 Å². The largest absolute Gasteiger partial charge is 0.522 e. The summed E-state index contributed by atoms with van der Waals surface area (Å²) >= 11 is 0. The standard InChI is InChI=1S/C20H31NO3Si/c1-6-20(2,3)13-12-17(14-19(23)24-25(4)5)21-18(15-22)16-10-8-7-9-11-16/h7-11,17-18,21-22,25H,6,14-15H2,1-5H3/t17-,18-/m1/s1. The monoisotopic (exact) mass is 361 g/mol. The first kappa shape index (κ1) is 21.4. The molecule has 0 spiro atoms. The SMILES string of the molecule is CCC(C)(C)C#C[C@H](CC(=O)O[SiH](C)C)N[C@H](CO)c1ccccc1. The van der Waals surface area contributed by atoms with Crippen molar-refractivity contribution in [3.8, 4) is 11.8 Å². The third-order valence-corrected chi connectivity index (χ3v) is 4.73. The van der Waals surface area contributed by atoms with E-state index < -0.39 is 9.04 Å². The number of carbonyl (C=O) groups excluding carboxylic acids is 1. The van der Waals surface area contributed by atoms with E-state index in [9.17, 15) is 9.90 Å². The maximum absolute atomic E-state index is 12.1. The van der Waals surface area contributed by atoms with Crippen LogP contribution in [0.3, 0.4) is 0 Å². The van der Waals surface area contributed by atoms with Crippen LogP contribution in [-0.2, 0) is 9.22 Å². The molecule has 0 aliphatic heterocycles. The molecule has 5 heteroatoms. The Bertz CT molecular complexity index is 590. The Morgan fingerprint density at radius 3 is 2.48 bits per heavy atom. The van der Waals surface area contributed by atoms with Crippen LogP contribution in [0.2, 0.25) is 13.1 Å². The van der Waals surface area contributed by atoms with Crippen LogP contribution in [0.15, 0.2) is 30.3 Å². The van der Waals surface area contributed by atoms with Crippen LogP contribution >= 0.6 is 0 Å². The number of hydrogen-bond acceptors (Lipinski definition) is 4. The van der Waals surface area contributed by atoms with Crippen LogP contribution < -0.4 is 5.32 Å². The fourth-order valence-electron chi connectivity index (χ4n) is 2.18. The van der Waals surface area contributed by atoms with Crippen molar-refractivity contribution < 1.29 is 14.3 Å². The van der Waals surface area contributed by atoms with Crippen LogP contribution in [0.5, 0.6) is 0 Å². The van der Waals surface area contributed by atoms with E-state index in [1.807, 2.05) is 43.4 Å². The number of aliphatic hydroxyl groups excluding tert-OH is 1. The second kappa shape index (κ2) is 10.4. The van der Waals surface area contributed by atoms with E-state index >= 15 is 0 Å². The Morgan fingerprint density at radius 2 is 1.96 bits per heavy atom. The van der Waals surface area contributed by atoms with Crippen molar-refractivity contribution in [3.05, 3.63) is 35.9 Å². The Morgan fingerprint density at radius 1 is 1.32 bits per heavy atom. The molecule has 1 rings (SSSR count). The molecule has 25 heavy (non-hydrogen) atoms. The highest BCUT2D eigenvalue weighted by Crippen LogP contribution is 2.18. The van der Waals surface area contributed by atoms with E-state index in [1.54, 1.807) is 0 Å². The number of nitrogens with one attached hydrogen (secondary N) is 1. The zero-order chi connectivity index (χ0) is 18.9. The molecule has 138 valence electrons. The average molecular weight is 362 g/mol. The van der Waals surface area contributed by atoms with Gasteiger partial charge >= 0.3 is 0 Å². The molecular formula is C20H31NO3Si. The zero-order valence-electron chi connectivity index (χ0n) is 16.0. The summed E-state index contributed by atoms with van der Waals surface area (Å²) in [5.41, 5.74) is 0.858. The molecule has 4 nitrogen and oxygen atoms in total. The summed E-state index contributed by atoms with van der Waals surface area (Å²) in [4.78, 5) is 12.1. The summed E-state index contributed by atoms with van der Waals surface area (Å²) in [6.45, 7) is 10.1. The third kappa shape index (κ3) is 8.35. The molecule has 0 amide bonds. The second-order valence-electron chi connectivity index (χ2n) is 7.11. The predicted molar refractivity (Wildman–Crippen MR) is 105 cm³/mol. The first-order valence-corrected chi connectivity index (χ1v) is 11.7. The lowest BCUT2D eigenvalue weighted by molar-refractivity contribution is -0.135. The van der Waals surface area contributed by atoms with Crippen molar-refractivity contribution in [1.29, 1.82) is 0 Å². The number of aliphatic hydroxyl groups is 1. The quantitative estimate of drug-likeness (QED) is 0.552. The summed E-state index contributed by atoms with van der Waals surface area (Å²) in [7, 11) is -1.42. The minimum atomic E-state index is -1.42. The van der Waals surface area contributed by atoms with Gasteiger partial charge in [-0.15, -0.1) is 0 Å². The van der Waals surface area contributed by atoms with Gasteiger partial charge in [-0.2, -0.15) is 0 Å². The van der Waals surface area contributed by atoms with E-state index in [4.69, 9.17) is 4.43 Å². The smallest absolute Gasteiger partial charge is 0.294 e. The van der Waals surface area contributed by atoms with Gasteiger partial charge < -0.3 is 9.53 Å². The van der Waals surface area contributed by atoms with Gasteiger partial charge in [0.05, 0.1) is 25.1 Å². The van der Waals surface area contributed by atoms with Crippen LogP contribution in [0.25, 0.3) is 0 Å². The average Bonchev–Trinajstić information content (AvgIpc) is 2.57. The van der Waals surface area contributed by atoms with Gasteiger partial charge in [0.1, 0.15) is 0 Å². The van der Waals surface area contributed by atoms with Crippen molar-refractivity contribution in [2.24, 2.45) is 5.41 Å². The molecule has 0 heterocycles. The molecule has 1 aromatic carbocycles. The number of rotatable bonds is 8. The topological polar surface area (TPSA) is 58.6 Å². The van der Waals surface area contributed by atoms with Gasteiger partial charge in [-0.25, -0.2) is 0 Å². The van der Waals surface area contributed by atoms with Gasteiger partial charge in [0.25, 0.3) is 5.97 Å². The van der Waals surface area contributed by atoms with Crippen molar-refractivity contribution in [3.63, 3.8) is 0 Å². The fourth-order valence-corrected chi connectivity index (χ4v) is 2.80. The van der Waals surface area contributed by atoms with Crippen LogP contribution in [-0.4, -0.2) is 32.8 Å². The third-order valence-electron chi connectivity index (χ3n) is 3.99. The van der Waals surface area contributed by atoms with Gasteiger partial charge in [-0.3, -0.25) is 10.1 Å². The molecule has 0 fully saturated rings. The highest BCUT2D eigenvalue weighted by molar-refractivity contribution is 6.50. The Kier molecular flexibility index (Phi) is 8.91. The minimum absolute atomic E-state index is 0.0622. The van der Waals surface area contributed by atoms with E-state index in [0.29, 0.717) is 0 Å². The molecule has 0 radical (unpaired) electrons. The van der Waals surface area contributed by atoms with Gasteiger partial charge in [-0.1, -0.05) is 49.1 Å². The number of carbonyl (C=O) groups is 1. The summed E-state index contributed by atoms with van der Waals surface area (Å²) in [5.74, 6) is 6.22. The Hall–Kier alpha value is -1.61. The molecule has 2 atom stereocenters. The molecule has 0 aliphatic carbocycles. The van der Waals surface area contributed by atoms with Gasteiger partial charge in [0.2, 0.25) is 9.04 Å². The Balaban J connectivity index is 2.94. The van der Waals surface area contributed by atoms with Gasteiger partial charge in [0.15, 0.2) is 0 Å². The highest BCUT2D eigenvalue weighted by atomic mass is 28.3. The first-order valence-electron chi connectivity index (χ1n) is 8.91. The van der Waals surface area contributed by atoms with E-state index in [1.165, 1.54) is 0 Å².